The maximum Gasteiger partial charge on any atom is 0.116 e. The van der Waals surface area contributed by atoms with Crippen LogP contribution in [0.1, 0.15) is 16.7 Å². The Bertz CT molecular complexity index is 901. The molecule has 27 heavy (non-hydrogen) atoms. The summed E-state index contributed by atoms with van der Waals surface area (Å²) < 4.78 is -0.419. The lowest BCUT2D eigenvalue weighted by Gasteiger charge is -2.35. The number of aromatic hydroxyl groups is 1. The fourth-order valence-electron chi connectivity index (χ4n) is 3.42. The fourth-order valence-corrected chi connectivity index (χ4v) is 4.86. The van der Waals surface area contributed by atoms with E-state index < -0.39 is 4.75 Å². The normalized spacial score (nSPS) is 11.3. The molecule has 0 fully saturated rings. The summed E-state index contributed by atoms with van der Waals surface area (Å²) in [5.41, 5.74) is 3.61. The molecule has 0 aliphatic rings. The summed E-state index contributed by atoms with van der Waals surface area (Å²) in [4.78, 5) is 1.02. The maximum atomic E-state index is 10.0. The average Bonchev–Trinajstić information content (AvgIpc) is 2.74. The fraction of sp³-hybridized carbons (Fsp3) is 0.0400. The molecule has 0 aliphatic carbocycles. The molecule has 0 unspecified atom stereocenters. The summed E-state index contributed by atoms with van der Waals surface area (Å²) in [5, 5.41) is 10.0. The van der Waals surface area contributed by atoms with E-state index >= 15 is 0 Å². The summed E-state index contributed by atoms with van der Waals surface area (Å²) in [6.45, 7) is 0. The van der Waals surface area contributed by atoms with Crippen LogP contribution in [-0.2, 0) is 4.75 Å². The lowest BCUT2D eigenvalue weighted by atomic mass is 9.84. The van der Waals surface area contributed by atoms with Crippen molar-refractivity contribution in [3.05, 3.63) is 132 Å². The number of thioether (sulfide) groups is 1. The van der Waals surface area contributed by atoms with E-state index in [2.05, 4.69) is 72.8 Å². The molecule has 0 amide bonds. The minimum Gasteiger partial charge on any atom is -0.508 e. The van der Waals surface area contributed by atoms with Crippen molar-refractivity contribution < 1.29 is 5.11 Å². The van der Waals surface area contributed by atoms with Gasteiger partial charge in [-0.25, -0.2) is 0 Å². The highest BCUT2D eigenvalue weighted by Crippen LogP contribution is 2.51. The molecule has 0 saturated heterocycles. The summed E-state index contributed by atoms with van der Waals surface area (Å²) in [7, 11) is 0. The summed E-state index contributed by atoms with van der Waals surface area (Å²) in [6.07, 6.45) is 0. The highest BCUT2D eigenvalue weighted by atomic mass is 32.2. The SMILES string of the molecule is Oc1cccc(SC(c2ccccc2)(c2ccccc2)c2ccccc2)c1. The summed E-state index contributed by atoms with van der Waals surface area (Å²) in [5.74, 6) is 0.281. The van der Waals surface area contributed by atoms with E-state index in [1.165, 1.54) is 16.7 Å². The zero-order chi connectivity index (χ0) is 18.5. The predicted octanol–water partition coefficient (Wildman–Crippen LogP) is 6.48. The molecule has 0 aromatic heterocycles. The van der Waals surface area contributed by atoms with E-state index in [0.29, 0.717) is 0 Å². The van der Waals surface area contributed by atoms with Crippen LogP contribution in [0.25, 0.3) is 0 Å². The van der Waals surface area contributed by atoms with Crippen molar-refractivity contribution >= 4 is 11.8 Å². The molecule has 4 rings (SSSR count). The molecule has 0 saturated carbocycles. The first-order valence-electron chi connectivity index (χ1n) is 8.94. The molecule has 0 radical (unpaired) electrons. The third kappa shape index (κ3) is 3.49. The Morgan fingerprint density at radius 2 is 0.963 bits per heavy atom. The van der Waals surface area contributed by atoms with E-state index in [9.17, 15) is 5.11 Å². The molecule has 1 nitrogen and oxygen atoms in total. The van der Waals surface area contributed by atoms with Gasteiger partial charge < -0.3 is 5.11 Å². The Labute approximate surface area is 164 Å². The Morgan fingerprint density at radius 3 is 1.37 bits per heavy atom. The first-order chi connectivity index (χ1) is 13.3. The van der Waals surface area contributed by atoms with E-state index in [0.717, 1.165) is 4.90 Å². The van der Waals surface area contributed by atoms with Crippen molar-refractivity contribution in [2.75, 3.05) is 0 Å². The number of rotatable bonds is 5. The van der Waals surface area contributed by atoms with Gasteiger partial charge in [0.25, 0.3) is 0 Å². The Hall–Kier alpha value is -2.97. The predicted molar refractivity (Wildman–Crippen MR) is 113 cm³/mol. The van der Waals surface area contributed by atoms with Gasteiger partial charge in [-0.2, -0.15) is 0 Å². The molecule has 4 aromatic rings. The smallest absolute Gasteiger partial charge is 0.116 e. The second-order valence-corrected chi connectivity index (χ2v) is 7.67. The molecular formula is C25H20OS. The van der Waals surface area contributed by atoms with Gasteiger partial charge in [-0.1, -0.05) is 97.1 Å². The average molecular weight is 369 g/mol. The van der Waals surface area contributed by atoms with Gasteiger partial charge in [-0.05, 0) is 34.9 Å². The molecule has 0 heterocycles. The van der Waals surface area contributed by atoms with E-state index in [1.54, 1.807) is 17.8 Å². The van der Waals surface area contributed by atoms with Crippen molar-refractivity contribution in [1.82, 2.24) is 0 Å². The van der Waals surface area contributed by atoms with E-state index in [-0.39, 0.29) is 5.75 Å². The lowest BCUT2D eigenvalue weighted by molar-refractivity contribution is 0.474. The second-order valence-electron chi connectivity index (χ2n) is 6.38. The number of hydrogen-bond donors (Lipinski definition) is 1. The molecule has 2 heteroatoms. The van der Waals surface area contributed by atoms with Crippen molar-refractivity contribution in [1.29, 1.82) is 0 Å². The molecule has 4 aromatic carbocycles. The highest BCUT2D eigenvalue weighted by Gasteiger charge is 2.37. The van der Waals surface area contributed by atoms with Crippen LogP contribution in [0.4, 0.5) is 0 Å². The van der Waals surface area contributed by atoms with Gasteiger partial charge in [0.05, 0.1) is 4.75 Å². The summed E-state index contributed by atoms with van der Waals surface area (Å²) in [6, 6.07) is 39.2. The second kappa shape index (κ2) is 7.73. The number of hydrogen-bond acceptors (Lipinski definition) is 2. The molecule has 0 atom stereocenters. The quantitative estimate of drug-likeness (QED) is 0.321. The van der Waals surface area contributed by atoms with Crippen LogP contribution in [0.2, 0.25) is 0 Å². The highest BCUT2D eigenvalue weighted by molar-refractivity contribution is 8.00. The van der Waals surface area contributed by atoms with E-state index in [4.69, 9.17) is 0 Å². The van der Waals surface area contributed by atoms with Gasteiger partial charge in [-0.3, -0.25) is 0 Å². The van der Waals surface area contributed by atoms with Crippen LogP contribution >= 0.6 is 11.8 Å². The van der Waals surface area contributed by atoms with Crippen molar-refractivity contribution in [3.8, 4) is 5.75 Å². The van der Waals surface area contributed by atoms with Crippen LogP contribution < -0.4 is 0 Å². The monoisotopic (exact) mass is 368 g/mol. The van der Waals surface area contributed by atoms with Crippen molar-refractivity contribution in [2.24, 2.45) is 0 Å². The summed E-state index contributed by atoms with van der Waals surface area (Å²) >= 11 is 1.75. The Morgan fingerprint density at radius 1 is 0.519 bits per heavy atom. The molecule has 0 spiro atoms. The first-order valence-corrected chi connectivity index (χ1v) is 9.75. The van der Waals surface area contributed by atoms with Gasteiger partial charge in [-0.15, -0.1) is 11.8 Å². The van der Waals surface area contributed by atoms with Gasteiger partial charge in [0.15, 0.2) is 0 Å². The van der Waals surface area contributed by atoms with E-state index in [1.807, 2.05) is 36.4 Å². The molecule has 132 valence electrons. The standard InChI is InChI=1S/C25H20OS/c26-23-17-10-18-24(19-23)27-25(20-11-4-1-5-12-20,21-13-6-2-7-14-21)22-15-8-3-9-16-22/h1-19,26H. The van der Waals surface area contributed by atoms with Gasteiger partial charge in [0, 0.05) is 4.90 Å². The third-order valence-corrected chi connectivity index (χ3v) is 6.13. The Balaban J connectivity index is 2.00. The topological polar surface area (TPSA) is 20.2 Å². The van der Waals surface area contributed by atoms with Gasteiger partial charge in [0.1, 0.15) is 5.75 Å². The van der Waals surface area contributed by atoms with Crippen molar-refractivity contribution in [2.45, 2.75) is 9.64 Å². The number of phenols is 1. The minimum absolute atomic E-state index is 0.281. The number of benzene rings is 4. The molecule has 1 N–H and O–H groups in total. The zero-order valence-corrected chi connectivity index (χ0v) is 15.6. The number of phenolic OH excluding ortho intramolecular Hbond substituents is 1. The van der Waals surface area contributed by atoms with Crippen LogP contribution in [0, 0.1) is 0 Å². The van der Waals surface area contributed by atoms with Crippen molar-refractivity contribution in [3.63, 3.8) is 0 Å². The first kappa shape index (κ1) is 17.4. The van der Waals surface area contributed by atoms with Gasteiger partial charge >= 0.3 is 0 Å². The molecular weight excluding hydrogens is 348 g/mol. The van der Waals surface area contributed by atoms with Crippen LogP contribution in [0.5, 0.6) is 5.75 Å². The van der Waals surface area contributed by atoms with Gasteiger partial charge in [0.2, 0.25) is 0 Å². The lowest BCUT2D eigenvalue weighted by Crippen LogP contribution is -2.25. The third-order valence-electron chi connectivity index (χ3n) is 4.63. The van der Waals surface area contributed by atoms with Crippen LogP contribution in [0.3, 0.4) is 0 Å². The molecule has 0 aliphatic heterocycles. The van der Waals surface area contributed by atoms with Crippen LogP contribution in [-0.4, -0.2) is 5.11 Å². The minimum atomic E-state index is -0.419. The largest absolute Gasteiger partial charge is 0.508 e. The zero-order valence-electron chi connectivity index (χ0n) is 14.8. The molecule has 0 bridgehead atoms. The Kier molecular flexibility index (Phi) is 4.99. The van der Waals surface area contributed by atoms with Crippen LogP contribution in [0.15, 0.2) is 120 Å². The maximum absolute atomic E-state index is 10.0.